The number of hydrogen-bond donors (Lipinski definition) is 3. The van der Waals surface area contributed by atoms with Crippen LogP contribution in [0.4, 0.5) is 0 Å². The zero-order valence-corrected chi connectivity index (χ0v) is 13.9. The van der Waals surface area contributed by atoms with E-state index < -0.39 is 12.0 Å². The summed E-state index contributed by atoms with van der Waals surface area (Å²) in [6.07, 6.45) is 3.44. The molecule has 0 radical (unpaired) electrons. The van der Waals surface area contributed by atoms with Gasteiger partial charge in [0.2, 0.25) is 11.8 Å². The van der Waals surface area contributed by atoms with E-state index >= 15 is 0 Å². The fourth-order valence-corrected chi connectivity index (χ4v) is 5.02. The molecule has 128 valence electrons. The molecule has 2 saturated heterocycles. The lowest BCUT2D eigenvalue weighted by Crippen LogP contribution is -2.68. The van der Waals surface area contributed by atoms with Gasteiger partial charge in [-0.15, -0.1) is 11.8 Å². The van der Waals surface area contributed by atoms with Crippen LogP contribution in [0.15, 0.2) is 22.4 Å². The van der Waals surface area contributed by atoms with Crippen LogP contribution in [0.3, 0.4) is 0 Å². The van der Waals surface area contributed by atoms with Crippen LogP contribution in [-0.2, 0) is 14.4 Å². The Morgan fingerprint density at radius 2 is 2.08 bits per heavy atom. The fourth-order valence-electron chi connectivity index (χ4n) is 3.71. The summed E-state index contributed by atoms with van der Waals surface area (Å²) in [7, 11) is 0. The minimum Gasteiger partial charge on any atom is -0.477 e. The van der Waals surface area contributed by atoms with Gasteiger partial charge in [0.25, 0.3) is 0 Å². The molecule has 0 aromatic rings. The number of hydrogen-bond acceptors (Lipinski definition) is 5. The van der Waals surface area contributed by atoms with Gasteiger partial charge in [-0.2, -0.15) is 0 Å². The van der Waals surface area contributed by atoms with E-state index in [1.807, 2.05) is 0 Å². The lowest BCUT2D eigenvalue weighted by molar-refractivity contribution is -0.147. The second-order valence-electron chi connectivity index (χ2n) is 6.59. The molecule has 0 aromatic heterocycles. The van der Waals surface area contributed by atoms with E-state index in [0.717, 1.165) is 24.8 Å². The van der Waals surface area contributed by atoms with E-state index in [1.54, 1.807) is 0 Å². The van der Waals surface area contributed by atoms with Gasteiger partial charge >= 0.3 is 5.97 Å². The Kier molecular flexibility index (Phi) is 3.69. The highest BCUT2D eigenvalue weighted by Crippen LogP contribution is 2.49. The van der Waals surface area contributed by atoms with Gasteiger partial charge in [-0.05, 0) is 42.7 Å². The molecule has 4 N–H and O–H groups in total. The quantitative estimate of drug-likeness (QED) is 0.495. The van der Waals surface area contributed by atoms with Crippen molar-refractivity contribution in [1.82, 2.24) is 10.2 Å². The highest BCUT2D eigenvalue weighted by Gasteiger charge is 2.53. The number of aliphatic carboxylic acids is 1. The summed E-state index contributed by atoms with van der Waals surface area (Å²) in [5, 5.41) is 12.3. The monoisotopic (exact) mass is 349 g/mol. The van der Waals surface area contributed by atoms with Crippen molar-refractivity contribution in [3.63, 3.8) is 0 Å². The number of nitrogens with zero attached hydrogens (tertiary/aromatic N) is 1. The number of nitrogens with two attached hydrogens (primary N) is 1. The first-order chi connectivity index (χ1) is 11.5. The average molecular weight is 349 g/mol. The smallest absolute Gasteiger partial charge is 0.352 e. The number of amides is 2. The van der Waals surface area contributed by atoms with E-state index in [9.17, 15) is 19.5 Å². The van der Waals surface area contributed by atoms with Crippen LogP contribution < -0.4 is 11.1 Å². The van der Waals surface area contributed by atoms with Crippen LogP contribution in [0.5, 0.6) is 0 Å². The maximum Gasteiger partial charge on any atom is 0.352 e. The summed E-state index contributed by atoms with van der Waals surface area (Å²) in [6, 6.07) is -0.638. The van der Waals surface area contributed by atoms with Gasteiger partial charge in [-0.1, -0.05) is 0 Å². The van der Waals surface area contributed by atoms with Crippen molar-refractivity contribution in [3.05, 3.63) is 22.4 Å². The van der Waals surface area contributed by atoms with Crippen LogP contribution in [0.2, 0.25) is 0 Å². The zero-order chi connectivity index (χ0) is 17.0. The van der Waals surface area contributed by atoms with Gasteiger partial charge in [0, 0.05) is 17.9 Å². The number of carbonyl (C=O) groups excluding carboxylic acids is 2. The minimum absolute atomic E-state index is 0.0261. The first-order valence-corrected chi connectivity index (χ1v) is 9.24. The van der Waals surface area contributed by atoms with Crippen molar-refractivity contribution in [1.29, 1.82) is 0 Å². The van der Waals surface area contributed by atoms with Crippen molar-refractivity contribution in [2.45, 2.75) is 37.1 Å². The van der Waals surface area contributed by atoms with Gasteiger partial charge in [0.1, 0.15) is 17.1 Å². The number of β-lactam (4-membered cyclic amide) rings is 1. The molecule has 8 heteroatoms. The first-order valence-electron chi connectivity index (χ1n) is 8.19. The molecule has 24 heavy (non-hydrogen) atoms. The Morgan fingerprint density at radius 3 is 2.71 bits per heavy atom. The van der Waals surface area contributed by atoms with Crippen molar-refractivity contribution >= 4 is 29.5 Å². The summed E-state index contributed by atoms with van der Waals surface area (Å²) < 4.78 is 0. The van der Waals surface area contributed by atoms with Crippen LogP contribution >= 0.6 is 11.8 Å². The van der Waals surface area contributed by atoms with Crippen LogP contribution in [0, 0.1) is 5.92 Å². The SMILES string of the molecule is N[C@@H]1C(=O)N2C(C(=O)O)=C(C(=C3CCCNC3=O)C3CC3)CS[C@H]12. The van der Waals surface area contributed by atoms with E-state index in [4.69, 9.17) is 5.73 Å². The molecule has 1 aliphatic carbocycles. The van der Waals surface area contributed by atoms with Crippen LogP contribution in [0.25, 0.3) is 0 Å². The fraction of sp³-hybridized carbons (Fsp3) is 0.562. The van der Waals surface area contributed by atoms with Gasteiger partial charge in [-0.25, -0.2) is 4.79 Å². The number of rotatable bonds is 3. The molecule has 4 rings (SSSR count). The summed E-state index contributed by atoms with van der Waals surface area (Å²) >= 11 is 1.49. The lowest BCUT2D eigenvalue weighted by Gasteiger charge is -2.48. The minimum atomic E-state index is -1.12. The number of nitrogens with one attached hydrogen (secondary N) is 1. The second-order valence-corrected chi connectivity index (χ2v) is 7.70. The third-order valence-electron chi connectivity index (χ3n) is 5.01. The molecule has 0 unspecified atom stereocenters. The summed E-state index contributed by atoms with van der Waals surface area (Å²) in [5.74, 6) is -0.859. The molecule has 3 fully saturated rings. The Hall–Kier alpha value is -1.80. The van der Waals surface area contributed by atoms with Crippen molar-refractivity contribution in [2.24, 2.45) is 11.7 Å². The molecule has 7 nitrogen and oxygen atoms in total. The van der Waals surface area contributed by atoms with Crippen LogP contribution in [-0.4, -0.2) is 51.5 Å². The molecule has 0 spiro atoms. The third kappa shape index (κ3) is 2.28. The highest BCUT2D eigenvalue weighted by molar-refractivity contribution is 8.00. The first kappa shape index (κ1) is 15.7. The predicted octanol–water partition coefficient (Wildman–Crippen LogP) is 0.184. The van der Waals surface area contributed by atoms with Gasteiger partial charge < -0.3 is 16.2 Å². The number of carboxylic acid groups (broad SMARTS) is 1. The van der Waals surface area contributed by atoms with Gasteiger partial charge in [0.05, 0.1) is 0 Å². The standard InChI is InChI=1S/C16H19N3O4S/c17-11-14(21)19-12(16(22)23)9(6-24-15(11)19)10(7-3-4-7)8-2-1-5-18-13(8)20/h7,11,15H,1-6,17H2,(H,18,20)(H,22,23)/t11-,15-/m1/s1. The van der Waals surface area contributed by atoms with E-state index in [1.165, 1.54) is 16.7 Å². The van der Waals surface area contributed by atoms with Gasteiger partial charge in [0.15, 0.2) is 0 Å². The predicted molar refractivity (Wildman–Crippen MR) is 87.7 cm³/mol. The summed E-state index contributed by atoms with van der Waals surface area (Å²) in [6.45, 7) is 0.654. The molecule has 0 bridgehead atoms. The van der Waals surface area contributed by atoms with E-state index in [0.29, 0.717) is 29.9 Å². The van der Waals surface area contributed by atoms with Crippen molar-refractivity contribution < 1.29 is 19.5 Å². The molecule has 3 heterocycles. The highest BCUT2D eigenvalue weighted by atomic mass is 32.2. The number of allylic oxidation sites excluding steroid dienone is 1. The molecular formula is C16H19N3O4S. The van der Waals surface area contributed by atoms with Crippen LogP contribution in [0.1, 0.15) is 25.7 Å². The Bertz CT molecular complexity index is 710. The number of carboxylic acids is 1. The molecule has 1 saturated carbocycles. The molecule has 2 amide bonds. The van der Waals surface area contributed by atoms with E-state index in [-0.39, 0.29) is 28.8 Å². The molecule has 0 aromatic carbocycles. The number of piperidine rings is 1. The van der Waals surface area contributed by atoms with Crippen molar-refractivity contribution in [2.75, 3.05) is 12.3 Å². The Balaban J connectivity index is 1.84. The van der Waals surface area contributed by atoms with Gasteiger partial charge in [-0.3, -0.25) is 14.5 Å². The average Bonchev–Trinajstić information content (AvgIpc) is 3.40. The largest absolute Gasteiger partial charge is 0.477 e. The maximum atomic E-state index is 12.3. The topological polar surface area (TPSA) is 113 Å². The number of thioether (sulfide) groups is 1. The Labute approximate surface area is 143 Å². The zero-order valence-electron chi connectivity index (χ0n) is 13.1. The van der Waals surface area contributed by atoms with Crippen molar-refractivity contribution in [3.8, 4) is 0 Å². The summed E-state index contributed by atoms with van der Waals surface area (Å²) in [4.78, 5) is 37.6. The molecule has 2 atom stereocenters. The summed E-state index contributed by atoms with van der Waals surface area (Å²) in [5.41, 5.74) is 8.02. The van der Waals surface area contributed by atoms with E-state index in [2.05, 4.69) is 5.32 Å². The molecular weight excluding hydrogens is 330 g/mol. The normalized spacial score (nSPS) is 32.1. The number of carbonyl (C=O) groups is 3. The molecule has 3 aliphatic heterocycles. The maximum absolute atomic E-state index is 12.3. The third-order valence-corrected chi connectivity index (χ3v) is 6.31. The second kappa shape index (κ2) is 5.63. The Morgan fingerprint density at radius 1 is 1.33 bits per heavy atom. The molecule has 4 aliphatic rings. The number of fused-ring (bicyclic) bond motifs is 1. The lowest BCUT2D eigenvalue weighted by atomic mass is 9.89.